The van der Waals surface area contributed by atoms with Gasteiger partial charge in [-0.2, -0.15) is 0 Å². The number of aromatic nitrogens is 2. The highest BCUT2D eigenvalue weighted by atomic mass is 32.2. The van der Waals surface area contributed by atoms with E-state index in [1.165, 1.54) is 24.1 Å². The van der Waals surface area contributed by atoms with Crippen LogP contribution in [0.3, 0.4) is 0 Å². The van der Waals surface area contributed by atoms with Gasteiger partial charge in [0.15, 0.2) is 9.84 Å². The van der Waals surface area contributed by atoms with Gasteiger partial charge in [0.1, 0.15) is 17.3 Å². The Morgan fingerprint density at radius 3 is 2.76 bits per heavy atom. The van der Waals surface area contributed by atoms with E-state index >= 15 is 0 Å². The summed E-state index contributed by atoms with van der Waals surface area (Å²) >= 11 is 1.67. The van der Waals surface area contributed by atoms with Crippen molar-refractivity contribution in [3.63, 3.8) is 0 Å². The van der Waals surface area contributed by atoms with E-state index in [1.807, 2.05) is 0 Å². The zero-order valence-corrected chi connectivity index (χ0v) is 16.2. The Balaban J connectivity index is 1.71. The van der Waals surface area contributed by atoms with E-state index in [0.717, 1.165) is 41.5 Å². The van der Waals surface area contributed by atoms with Crippen molar-refractivity contribution in [2.75, 3.05) is 11.5 Å². The van der Waals surface area contributed by atoms with E-state index in [0.29, 0.717) is 5.88 Å². The van der Waals surface area contributed by atoms with Crippen LogP contribution in [0.1, 0.15) is 61.8 Å². The van der Waals surface area contributed by atoms with E-state index in [2.05, 4.69) is 9.97 Å². The van der Waals surface area contributed by atoms with Crippen LogP contribution in [-0.4, -0.2) is 36.0 Å². The van der Waals surface area contributed by atoms with Crippen molar-refractivity contribution in [2.24, 2.45) is 0 Å². The Hall–Kier alpha value is -1.21. The van der Waals surface area contributed by atoms with Crippen LogP contribution in [0.4, 0.5) is 0 Å². The van der Waals surface area contributed by atoms with Crippen molar-refractivity contribution in [2.45, 2.75) is 63.9 Å². The largest absolute Gasteiger partial charge is 0.474 e. The lowest BCUT2D eigenvalue weighted by atomic mass is 9.98. The molecule has 2 heterocycles. The lowest BCUT2D eigenvalue weighted by Gasteiger charge is -2.23. The van der Waals surface area contributed by atoms with Crippen LogP contribution < -0.4 is 4.74 Å². The standard InChI is InChI=1S/C18H24N2O3S2/c1-2-25(21,22)10-12-8-9-14-15(12)16-17(19-11-20-18(16)24-14)23-13-6-4-3-5-7-13/h11-13H,2-10H2,1H3. The molecule has 136 valence electrons. The van der Waals surface area contributed by atoms with Crippen LogP contribution in [0.25, 0.3) is 10.2 Å². The molecule has 0 aromatic carbocycles. The number of rotatable bonds is 5. The van der Waals surface area contributed by atoms with Gasteiger partial charge in [0.05, 0.1) is 11.1 Å². The summed E-state index contributed by atoms with van der Waals surface area (Å²) in [6, 6.07) is 0. The minimum absolute atomic E-state index is 0.0494. The lowest BCUT2D eigenvalue weighted by Crippen LogP contribution is -2.20. The van der Waals surface area contributed by atoms with Gasteiger partial charge in [-0.15, -0.1) is 11.3 Å². The zero-order valence-electron chi connectivity index (χ0n) is 14.5. The second-order valence-corrected chi connectivity index (χ2v) is 10.6. The molecule has 7 heteroatoms. The minimum Gasteiger partial charge on any atom is -0.474 e. The van der Waals surface area contributed by atoms with E-state index < -0.39 is 9.84 Å². The summed E-state index contributed by atoms with van der Waals surface area (Å²) < 4.78 is 30.6. The van der Waals surface area contributed by atoms with Gasteiger partial charge in [-0.05, 0) is 44.1 Å². The second-order valence-electron chi connectivity index (χ2n) is 7.11. The predicted octanol–water partition coefficient (Wildman–Crippen LogP) is 3.87. The Labute approximate surface area is 152 Å². The summed E-state index contributed by atoms with van der Waals surface area (Å²) in [6.07, 6.45) is 9.47. The molecule has 2 aromatic rings. The molecule has 5 nitrogen and oxygen atoms in total. The summed E-state index contributed by atoms with van der Waals surface area (Å²) in [5.41, 5.74) is 1.14. The van der Waals surface area contributed by atoms with Crippen LogP contribution in [0, 0.1) is 0 Å². The fourth-order valence-electron chi connectivity index (χ4n) is 4.06. The number of fused-ring (bicyclic) bond motifs is 3. The first-order chi connectivity index (χ1) is 12.1. The molecular weight excluding hydrogens is 356 g/mol. The average molecular weight is 381 g/mol. The van der Waals surface area contributed by atoms with Gasteiger partial charge in [-0.1, -0.05) is 13.3 Å². The lowest BCUT2D eigenvalue weighted by molar-refractivity contribution is 0.150. The molecule has 1 atom stereocenters. The molecule has 0 amide bonds. The third-order valence-corrected chi connectivity index (χ3v) is 8.38. The molecule has 2 aliphatic rings. The molecule has 2 aliphatic carbocycles. The quantitative estimate of drug-likeness (QED) is 0.788. The van der Waals surface area contributed by atoms with Gasteiger partial charge in [-0.3, -0.25) is 0 Å². The van der Waals surface area contributed by atoms with Crippen molar-refractivity contribution < 1.29 is 13.2 Å². The molecule has 0 spiro atoms. The monoisotopic (exact) mass is 380 g/mol. The number of hydrogen-bond donors (Lipinski definition) is 0. The Bertz CT molecular complexity index is 870. The van der Waals surface area contributed by atoms with E-state index in [-0.39, 0.29) is 23.5 Å². The summed E-state index contributed by atoms with van der Waals surface area (Å²) in [5.74, 6) is 1.13. The molecule has 1 fully saturated rings. The maximum absolute atomic E-state index is 12.2. The van der Waals surface area contributed by atoms with E-state index in [1.54, 1.807) is 24.6 Å². The molecule has 1 unspecified atom stereocenters. The number of thiophene rings is 1. The Morgan fingerprint density at radius 2 is 2.00 bits per heavy atom. The van der Waals surface area contributed by atoms with Gasteiger partial charge in [-0.25, -0.2) is 18.4 Å². The normalized spacial score (nSPS) is 21.6. The van der Waals surface area contributed by atoms with E-state index in [4.69, 9.17) is 4.74 Å². The third-order valence-electron chi connectivity index (χ3n) is 5.42. The van der Waals surface area contributed by atoms with Gasteiger partial charge in [0.2, 0.25) is 5.88 Å². The van der Waals surface area contributed by atoms with Crippen molar-refractivity contribution in [1.82, 2.24) is 9.97 Å². The van der Waals surface area contributed by atoms with Gasteiger partial charge < -0.3 is 4.74 Å². The molecule has 0 saturated heterocycles. The zero-order chi connectivity index (χ0) is 17.4. The van der Waals surface area contributed by atoms with Crippen molar-refractivity contribution in [3.8, 4) is 5.88 Å². The number of aryl methyl sites for hydroxylation is 1. The Kier molecular flexibility index (Phi) is 4.71. The molecule has 25 heavy (non-hydrogen) atoms. The summed E-state index contributed by atoms with van der Waals surface area (Å²) in [4.78, 5) is 11.1. The van der Waals surface area contributed by atoms with Crippen LogP contribution in [0.15, 0.2) is 6.33 Å². The fraction of sp³-hybridized carbons (Fsp3) is 0.667. The fourth-order valence-corrected chi connectivity index (χ4v) is 6.47. The van der Waals surface area contributed by atoms with E-state index in [9.17, 15) is 8.42 Å². The molecule has 0 aliphatic heterocycles. The first-order valence-corrected chi connectivity index (χ1v) is 11.8. The average Bonchev–Trinajstić information content (AvgIpc) is 3.16. The number of hydrogen-bond acceptors (Lipinski definition) is 6. The molecule has 4 rings (SSSR count). The predicted molar refractivity (Wildman–Crippen MR) is 100 cm³/mol. The first kappa shape index (κ1) is 17.2. The second kappa shape index (κ2) is 6.83. The molecule has 2 aromatic heterocycles. The summed E-state index contributed by atoms with van der Waals surface area (Å²) in [5, 5.41) is 0.974. The van der Waals surface area contributed by atoms with Crippen molar-refractivity contribution in [1.29, 1.82) is 0 Å². The van der Waals surface area contributed by atoms with Crippen LogP contribution >= 0.6 is 11.3 Å². The van der Waals surface area contributed by atoms with Gasteiger partial charge >= 0.3 is 0 Å². The molecular formula is C18H24N2O3S2. The number of nitrogens with zero attached hydrogens (tertiary/aromatic N) is 2. The summed E-state index contributed by atoms with van der Waals surface area (Å²) in [7, 11) is -3.01. The maximum atomic E-state index is 12.2. The number of sulfone groups is 1. The Morgan fingerprint density at radius 1 is 1.20 bits per heavy atom. The molecule has 0 bridgehead atoms. The van der Waals surface area contributed by atoms with Crippen molar-refractivity contribution >= 4 is 31.4 Å². The summed E-state index contributed by atoms with van der Waals surface area (Å²) in [6.45, 7) is 1.72. The highest BCUT2D eigenvalue weighted by Gasteiger charge is 2.33. The van der Waals surface area contributed by atoms with Crippen LogP contribution in [-0.2, 0) is 16.3 Å². The highest BCUT2D eigenvalue weighted by Crippen LogP contribution is 2.46. The van der Waals surface area contributed by atoms with Crippen molar-refractivity contribution in [3.05, 3.63) is 16.8 Å². The number of ether oxygens (including phenoxy) is 1. The molecule has 1 saturated carbocycles. The first-order valence-electron chi connectivity index (χ1n) is 9.20. The topological polar surface area (TPSA) is 69.2 Å². The van der Waals surface area contributed by atoms with Crippen LogP contribution in [0.5, 0.6) is 5.88 Å². The highest BCUT2D eigenvalue weighted by molar-refractivity contribution is 7.91. The van der Waals surface area contributed by atoms with Gasteiger partial charge in [0, 0.05) is 16.5 Å². The molecule has 0 N–H and O–H groups in total. The smallest absolute Gasteiger partial charge is 0.225 e. The van der Waals surface area contributed by atoms with Crippen LogP contribution in [0.2, 0.25) is 0 Å². The third kappa shape index (κ3) is 3.40. The molecule has 0 radical (unpaired) electrons. The van der Waals surface area contributed by atoms with Gasteiger partial charge in [0.25, 0.3) is 0 Å². The SMILES string of the molecule is CCS(=O)(=O)CC1CCc2sc3ncnc(OC4CCCCC4)c3c21. The minimum atomic E-state index is -3.01. The maximum Gasteiger partial charge on any atom is 0.225 e.